The van der Waals surface area contributed by atoms with Crippen LogP contribution in [0.5, 0.6) is 0 Å². The van der Waals surface area contributed by atoms with E-state index in [1.807, 2.05) is 0 Å². The Morgan fingerprint density at radius 3 is 0.772 bits per heavy atom. The number of hydrogen-bond acceptors (Lipinski definition) is 15. The van der Waals surface area contributed by atoms with E-state index in [0.29, 0.717) is 25.7 Å². The molecule has 0 aromatic rings. The van der Waals surface area contributed by atoms with Gasteiger partial charge in [-0.1, -0.05) is 312 Å². The summed E-state index contributed by atoms with van der Waals surface area (Å²) < 4.78 is 68.4. The first-order valence-corrected chi connectivity index (χ1v) is 40.8. The van der Waals surface area contributed by atoms with Crippen LogP contribution in [-0.4, -0.2) is 96.7 Å². The molecule has 17 nitrogen and oxygen atoms in total. The van der Waals surface area contributed by atoms with Crippen LogP contribution in [0.15, 0.2) is 0 Å². The number of rotatable bonds is 70. The van der Waals surface area contributed by atoms with Crippen LogP contribution < -0.4 is 0 Å². The van der Waals surface area contributed by atoms with Gasteiger partial charge in [0.25, 0.3) is 0 Å². The van der Waals surface area contributed by atoms with Crippen LogP contribution in [0.2, 0.25) is 0 Å². The van der Waals surface area contributed by atoms with Crippen molar-refractivity contribution in [2.24, 2.45) is 23.7 Å². The number of carbonyl (C=O) groups is 4. The summed E-state index contributed by atoms with van der Waals surface area (Å²) in [6, 6.07) is 0. The molecule has 0 aliphatic heterocycles. The van der Waals surface area contributed by atoms with Gasteiger partial charge in [0.15, 0.2) is 12.2 Å². The van der Waals surface area contributed by atoms with E-state index < -0.39 is 97.5 Å². The Morgan fingerprint density at radius 2 is 0.522 bits per heavy atom. The molecule has 0 saturated carbocycles. The second-order valence-corrected chi connectivity index (χ2v) is 30.7. The number of phosphoric acid groups is 2. The topological polar surface area (TPSA) is 237 Å². The van der Waals surface area contributed by atoms with E-state index in [9.17, 15) is 43.2 Å². The highest BCUT2D eigenvalue weighted by molar-refractivity contribution is 7.47. The van der Waals surface area contributed by atoms with Gasteiger partial charge >= 0.3 is 39.5 Å². The molecule has 0 aromatic heterocycles. The Labute approximate surface area is 562 Å². The summed E-state index contributed by atoms with van der Waals surface area (Å²) in [5.74, 6) is 0.904. The zero-order valence-corrected chi connectivity index (χ0v) is 62.0. The average Bonchev–Trinajstić information content (AvgIpc) is 2.77. The minimum atomic E-state index is -4.96. The molecule has 0 fully saturated rings. The Balaban J connectivity index is 5.23. The van der Waals surface area contributed by atoms with E-state index in [1.165, 1.54) is 167 Å². The lowest BCUT2D eigenvalue weighted by molar-refractivity contribution is -0.161. The summed E-state index contributed by atoms with van der Waals surface area (Å²) >= 11 is 0. The number of ether oxygens (including phenoxy) is 4. The third-order valence-electron chi connectivity index (χ3n) is 17.5. The minimum Gasteiger partial charge on any atom is -0.462 e. The highest BCUT2D eigenvalue weighted by atomic mass is 31.2. The molecule has 3 N–H and O–H groups in total. The number of unbranched alkanes of at least 4 members (excludes halogenated alkanes) is 34. The molecule has 0 spiro atoms. The summed E-state index contributed by atoms with van der Waals surface area (Å²) in [4.78, 5) is 72.6. The number of aliphatic hydroxyl groups is 1. The quantitative estimate of drug-likeness (QED) is 0.0222. The summed E-state index contributed by atoms with van der Waals surface area (Å²) in [6.07, 6.45) is 45.9. The van der Waals surface area contributed by atoms with Crippen molar-refractivity contribution in [3.05, 3.63) is 0 Å². The molecule has 0 aliphatic rings. The predicted molar refractivity (Wildman–Crippen MR) is 372 cm³/mol. The summed E-state index contributed by atoms with van der Waals surface area (Å²) in [6.45, 7) is 14.1. The summed E-state index contributed by atoms with van der Waals surface area (Å²) in [7, 11) is -9.91. The highest BCUT2D eigenvalue weighted by Crippen LogP contribution is 2.45. The number of aliphatic hydroxyl groups excluding tert-OH is 1. The highest BCUT2D eigenvalue weighted by Gasteiger charge is 2.30. The number of hydrogen-bond donors (Lipinski definition) is 3. The maximum absolute atomic E-state index is 13.1. The summed E-state index contributed by atoms with van der Waals surface area (Å²) in [5, 5.41) is 10.6. The van der Waals surface area contributed by atoms with Crippen LogP contribution in [0.25, 0.3) is 0 Å². The van der Waals surface area contributed by atoms with E-state index in [4.69, 9.17) is 37.0 Å². The van der Waals surface area contributed by atoms with Gasteiger partial charge in [0.1, 0.15) is 19.3 Å². The lowest BCUT2D eigenvalue weighted by atomic mass is 9.99. The van der Waals surface area contributed by atoms with Gasteiger partial charge in [-0.25, -0.2) is 9.13 Å². The number of esters is 4. The Kier molecular flexibility index (Phi) is 61.3. The van der Waals surface area contributed by atoms with Crippen LogP contribution in [0.4, 0.5) is 0 Å². The van der Waals surface area contributed by atoms with Crippen LogP contribution in [0.3, 0.4) is 0 Å². The lowest BCUT2D eigenvalue weighted by Crippen LogP contribution is -2.30. The van der Waals surface area contributed by atoms with Crippen LogP contribution in [-0.2, 0) is 65.4 Å². The number of carbonyl (C=O) groups excluding carboxylic acids is 4. The smallest absolute Gasteiger partial charge is 0.462 e. The largest absolute Gasteiger partial charge is 0.472 e. The molecule has 5 unspecified atom stereocenters. The van der Waals surface area contributed by atoms with Gasteiger partial charge in [-0.05, 0) is 49.4 Å². The van der Waals surface area contributed by atoms with Gasteiger partial charge in [-0.2, -0.15) is 0 Å². The second kappa shape index (κ2) is 62.6. The third-order valence-corrected chi connectivity index (χ3v) is 19.4. The molecule has 0 aromatic carbocycles. The monoisotopic (exact) mass is 1350 g/mol. The van der Waals surface area contributed by atoms with E-state index in [-0.39, 0.29) is 25.7 Å². The Hall–Kier alpha value is -1.94. The van der Waals surface area contributed by atoms with Gasteiger partial charge < -0.3 is 33.8 Å². The standard InChI is InChI=1S/C73H142O17P2/c1-9-65(7)51-43-35-27-22-24-29-38-46-54-71(76)83-59-68(89-72(77)55-47-39-30-20-18-16-14-12-11-13-15-17-19-25-33-41-49-63(3)4)61-87-91(79,80)85-57-67(74)58-86-92(81,82)88-62-69(90-73(78)56-48-40-32-31-36-44-52-66(8)10-2)60-84-70(75)53-45-37-28-23-21-26-34-42-50-64(5)6/h63-69,74H,9-62H2,1-8H3,(H,79,80)(H,81,82)/t65?,66?,67?,68-,69-/m1/s1. The van der Waals surface area contributed by atoms with Gasteiger partial charge in [0, 0.05) is 25.7 Å². The molecule has 7 atom stereocenters. The molecule has 0 aliphatic carbocycles. The van der Waals surface area contributed by atoms with Crippen LogP contribution in [0.1, 0.15) is 364 Å². The SMILES string of the molecule is CCC(C)CCCCCCCCCCC(=O)OC[C@H](COP(=O)(O)OCC(O)COP(=O)(O)OC[C@@H](COC(=O)CCCCCCCCCCC(C)C)OC(=O)CCCCCCCCC(C)CC)OC(=O)CCCCCCCCCCCCCCCCCCC(C)C. The maximum Gasteiger partial charge on any atom is 0.472 e. The zero-order chi connectivity index (χ0) is 68.2. The van der Waals surface area contributed by atoms with Crippen molar-refractivity contribution in [2.75, 3.05) is 39.6 Å². The first-order chi connectivity index (χ1) is 44.2. The zero-order valence-electron chi connectivity index (χ0n) is 60.2. The van der Waals surface area contributed by atoms with Crippen molar-refractivity contribution in [1.29, 1.82) is 0 Å². The van der Waals surface area contributed by atoms with Gasteiger partial charge in [-0.15, -0.1) is 0 Å². The molecule has 0 saturated heterocycles. The first-order valence-electron chi connectivity index (χ1n) is 37.8. The van der Waals surface area contributed by atoms with Crippen molar-refractivity contribution in [1.82, 2.24) is 0 Å². The fourth-order valence-corrected chi connectivity index (χ4v) is 12.5. The van der Waals surface area contributed by atoms with Crippen molar-refractivity contribution < 1.29 is 80.2 Å². The fraction of sp³-hybridized carbons (Fsp3) is 0.945. The van der Waals surface area contributed by atoms with Gasteiger partial charge in [0.2, 0.25) is 0 Å². The molecule has 19 heteroatoms. The third kappa shape index (κ3) is 64.1. The lowest BCUT2D eigenvalue weighted by Gasteiger charge is -2.21. The Morgan fingerprint density at radius 1 is 0.304 bits per heavy atom. The normalized spacial score (nSPS) is 14.8. The maximum atomic E-state index is 13.1. The van der Waals surface area contributed by atoms with Crippen molar-refractivity contribution >= 4 is 39.5 Å². The van der Waals surface area contributed by atoms with Crippen molar-refractivity contribution in [2.45, 2.75) is 382 Å². The molecule has 0 heterocycles. The van der Waals surface area contributed by atoms with Crippen molar-refractivity contribution in [3.8, 4) is 0 Å². The molecule has 546 valence electrons. The predicted octanol–water partition coefficient (Wildman–Crippen LogP) is 20.9. The molecule has 0 amide bonds. The number of phosphoric ester groups is 2. The molecular weight excluding hydrogens is 1210 g/mol. The van der Waals surface area contributed by atoms with E-state index in [0.717, 1.165) is 114 Å². The van der Waals surface area contributed by atoms with Gasteiger partial charge in [0.05, 0.1) is 26.4 Å². The average molecular weight is 1350 g/mol. The molecule has 0 bridgehead atoms. The molecular formula is C73H142O17P2. The van der Waals surface area contributed by atoms with Crippen molar-refractivity contribution in [3.63, 3.8) is 0 Å². The molecule has 0 radical (unpaired) electrons. The van der Waals surface area contributed by atoms with E-state index in [2.05, 4.69) is 55.4 Å². The van der Waals surface area contributed by atoms with E-state index >= 15 is 0 Å². The minimum absolute atomic E-state index is 0.102. The van der Waals surface area contributed by atoms with E-state index in [1.54, 1.807) is 0 Å². The second-order valence-electron chi connectivity index (χ2n) is 27.8. The molecule has 92 heavy (non-hydrogen) atoms. The van der Waals surface area contributed by atoms with Gasteiger partial charge in [-0.3, -0.25) is 37.3 Å². The summed E-state index contributed by atoms with van der Waals surface area (Å²) in [5.41, 5.74) is 0. The Bertz CT molecular complexity index is 1820. The van der Waals surface area contributed by atoms with Crippen LogP contribution in [0, 0.1) is 23.7 Å². The fourth-order valence-electron chi connectivity index (χ4n) is 11.0. The molecule has 0 rings (SSSR count). The van der Waals surface area contributed by atoms with Crippen LogP contribution >= 0.6 is 15.6 Å². The first kappa shape index (κ1) is 90.1.